The van der Waals surface area contributed by atoms with Crippen LogP contribution in [0.1, 0.15) is 63.9 Å². The number of ether oxygens (including phenoxy) is 2. The quantitative estimate of drug-likeness (QED) is 0.519. The van der Waals surface area contributed by atoms with Crippen molar-refractivity contribution in [2.24, 2.45) is 0 Å². The number of thioether (sulfide) groups is 1. The first-order chi connectivity index (χ1) is 13.5. The van der Waals surface area contributed by atoms with Gasteiger partial charge >= 0.3 is 5.97 Å². The van der Waals surface area contributed by atoms with Gasteiger partial charge in [0.2, 0.25) is 0 Å². The van der Waals surface area contributed by atoms with E-state index in [4.69, 9.17) is 9.47 Å². The molecular weight excluding hydrogens is 374 g/mol. The van der Waals surface area contributed by atoms with E-state index in [1.54, 1.807) is 11.8 Å². The third-order valence-electron chi connectivity index (χ3n) is 5.02. The maximum absolute atomic E-state index is 12.8. The number of ketones is 1. The maximum Gasteiger partial charge on any atom is 0.355 e. The number of Topliss-reactive ketones (excluding diaryl/α,β-unsaturated/α-hetero) is 1. The SMILES string of the molecule is CCOc1ccc(C2CC(=O)c3c([nH]c(C(=O)OCCSCC)c3C)C2)cc1. The maximum atomic E-state index is 12.8. The summed E-state index contributed by atoms with van der Waals surface area (Å²) in [6.07, 6.45) is 1.15. The standard InChI is InChI=1S/C22H27NO4S/c1-4-26-17-8-6-15(7-9-17)16-12-18-20(19(24)13-16)14(3)21(23-18)22(25)27-10-11-28-5-2/h6-9,16,23H,4-5,10-13H2,1-3H3. The highest BCUT2D eigenvalue weighted by Gasteiger charge is 2.32. The molecule has 0 spiro atoms. The monoisotopic (exact) mass is 401 g/mol. The predicted octanol–water partition coefficient (Wildman–Crippen LogP) is 4.54. The van der Waals surface area contributed by atoms with Crippen molar-refractivity contribution in [3.8, 4) is 5.75 Å². The summed E-state index contributed by atoms with van der Waals surface area (Å²) >= 11 is 1.73. The number of hydrogen-bond donors (Lipinski definition) is 1. The summed E-state index contributed by atoms with van der Waals surface area (Å²) in [6.45, 7) is 6.85. The van der Waals surface area contributed by atoms with E-state index in [0.717, 1.165) is 28.5 Å². The highest BCUT2D eigenvalue weighted by atomic mass is 32.2. The van der Waals surface area contributed by atoms with Gasteiger partial charge in [0.1, 0.15) is 18.1 Å². The lowest BCUT2D eigenvalue weighted by Gasteiger charge is -2.22. The molecule has 0 saturated heterocycles. The van der Waals surface area contributed by atoms with Crippen molar-refractivity contribution in [3.63, 3.8) is 0 Å². The van der Waals surface area contributed by atoms with E-state index in [2.05, 4.69) is 11.9 Å². The van der Waals surface area contributed by atoms with Gasteiger partial charge in [0, 0.05) is 23.4 Å². The Balaban J connectivity index is 1.75. The molecule has 0 radical (unpaired) electrons. The van der Waals surface area contributed by atoms with Gasteiger partial charge in [-0.25, -0.2) is 4.79 Å². The molecule has 1 heterocycles. The fourth-order valence-corrected chi connectivity index (χ4v) is 4.18. The van der Waals surface area contributed by atoms with Gasteiger partial charge in [0.25, 0.3) is 0 Å². The number of carbonyl (C=O) groups excluding carboxylic acids is 2. The van der Waals surface area contributed by atoms with Gasteiger partial charge in [0.15, 0.2) is 5.78 Å². The number of carbonyl (C=O) groups is 2. The molecule has 1 N–H and O–H groups in total. The summed E-state index contributed by atoms with van der Waals surface area (Å²) in [5, 5.41) is 0. The van der Waals surface area contributed by atoms with Crippen LogP contribution in [0, 0.1) is 6.92 Å². The normalized spacial score (nSPS) is 16.0. The lowest BCUT2D eigenvalue weighted by atomic mass is 9.81. The van der Waals surface area contributed by atoms with Gasteiger partial charge in [0.05, 0.1) is 6.61 Å². The molecular formula is C22H27NO4S. The lowest BCUT2D eigenvalue weighted by Crippen LogP contribution is -2.18. The first-order valence-electron chi connectivity index (χ1n) is 9.77. The molecule has 5 nitrogen and oxygen atoms in total. The minimum atomic E-state index is -0.381. The average molecular weight is 402 g/mol. The molecule has 28 heavy (non-hydrogen) atoms. The number of aromatic amines is 1. The van der Waals surface area contributed by atoms with Crippen LogP contribution in [0.4, 0.5) is 0 Å². The molecule has 150 valence electrons. The number of esters is 1. The van der Waals surface area contributed by atoms with Gasteiger partial charge in [-0.1, -0.05) is 19.1 Å². The summed E-state index contributed by atoms with van der Waals surface area (Å²) in [7, 11) is 0. The number of fused-ring (bicyclic) bond motifs is 1. The largest absolute Gasteiger partial charge is 0.494 e. The van der Waals surface area contributed by atoms with Crippen molar-refractivity contribution >= 4 is 23.5 Å². The van der Waals surface area contributed by atoms with Crippen LogP contribution >= 0.6 is 11.8 Å². The fraction of sp³-hybridized carbons (Fsp3) is 0.455. The van der Waals surface area contributed by atoms with Crippen LogP contribution in [0.15, 0.2) is 24.3 Å². The Bertz CT molecular complexity index is 841. The molecule has 3 rings (SSSR count). The fourth-order valence-electron chi connectivity index (χ4n) is 3.69. The Morgan fingerprint density at radius 1 is 1.21 bits per heavy atom. The van der Waals surface area contributed by atoms with Crippen LogP contribution in [-0.2, 0) is 11.2 Å². The lowest BCUT2D eigenvalue weighted by molar-refractivity contribution is 0.0523. The van der Waals surface area contributed by atoms with Crippen LogP contribution in [0.2, 0.25) is 0 Å². The predicted molar refractivity (Wildman–Crippen MR) is 112 cm³/mol. The van der Waals surface area contributed by atoms with Crippen LogP contribution in [0.25, 0.3) is 0 Å². The smallest absolute Gasteiger partial charge is 0.355 e. The highest BCUT2D eigenvalue weighted by molar-refractivity contribution is 7.99. The summed E-state index contributed by atoms with van der Waals surface area (Å²) in [4.78, 5) is 28.4. The molecule has 1 atom stereocenters. The van der Waals surface area contributed by atoms with Crippen LogP contribution in [0.5, 0.6) is 5.75 Å². The molecule has 0 bridgehead atoms. The van der Waals surface area contributed by atoms with Crippen LogP contribution in [-0.4, -0.2) is 41.5 Å². The van der Waals surface area contributed by atoms with Gasteiger partial charge in [-0.05, 0) is 55.2 Å². The Labute approximate surface area is 170 Å². The molecule has 1 aromatic heterocycles. The molecule has 1 aliphatic rings. The van der Waals surface area contributed by atoms with Crippen molar-refractivity contribution in [2.75, 3.05) is 24.7 Å². The van der Waals surface area contributed by atoms with Crippen molar-refractivity contribution in [1.29, 1.82) is 0 Å². The molecule has 0 aliphatic heterocycles. The van der Waals surface area contributed by atoms with E-state index in [-0.39, 0.29) is 17.7 Å². The molecule has 0 saturated carbocycles. The molecule has 1 aromatic carbocycles. The number of rotatable bonds is 8. The topological polar surface area (TPSA) is 68.4 Å². The van der Waals surface area contributed by atoms with Gasteiger partial charge in [-0.3, -0.25) is 4.79 Å². The van der Waals surface area contributed by atoms with E-state index < -0.39 is 0 Å². The first-order valence-corrected chi connectivity index (χ1v) is 10.9. The first kappa shape index (κ1) is 20.5. The summed E-state index contributed by atoms with van der Waals surface area (Å²) in [5.41, 5.74) is 3.72. The second-order valence-corrected chi connectivity index (χ2v) is 8.24. The molecule has 2 aromatic rings. The Kier molecular flexibility index (Phi) is 6.83. The van der Waals surface area contributed by atoms with Crippen LogP contribution in [0.3, 0.4) is 0 Å². The average Bonchev–Trinajstić information content (AvgIpc) is 3.03. The van der Waals surface area contributed by atoms with Gasteiger partial charge in [-0.15, -0.1) is 0 Å². The molecule has 6 heteroatoms. The summed E-state index contributed by atoms with van der Waals surface area (Å²) in [5.74, 6) is 2.40. The number of benzene rings is 1. The zero-order valence-corrected chi connectivity index (χ0v) is 17.5. The Morgan fingerprint density at radius 2 is 1.96 bits per heavy atom. The Morgan fingerprint density at radius 3 is 2.64 bits per heavy atom. The zero-order valence-electron chi connectivity index (χ0n) is 16.7. The second-order valence-electron chi connectivity index (χ2n) is 6.84. The third kappa shape index (κ3) is 4.43. The van der Waals surface area contributed by atoms with E-state index >= 15 is 0 Å². The van der Waals surface area contributed by atoms with Crippen molar-refractivity contribution in [3.05, 3.63) is 52.3 Å². The van der Waals surface area contributed by atoms with E-state index in [0.29, 0.717) is 42.9 Å². The Hall–Kier alpha value is -2.21. The van der Waals surface area contributed by atoms with Crippen molar-refractivity contribution in [2.45, 2.75) is 39.5 Å². The molecule has 1 unspecified atom stereocenters. The zero-order chi connectivity index (χ0) is 20.1. The van der Waals surface area contributed by atoms with Gasteiger partial charge in [-0.2, -0.15) is 11.8 Å². The molecule has 1 aliphatic carbocycles. The van der Waals surface area contributed by atoms with Crippen molar-refractivity contribution in [1.82, 2.24) is 4.98 Å². The van der Waals surface area contributed by atoms with E-state index in [1.165, 1.54) is 0 Å². The number of aromatic nitrogens is 1. The van der Waals surface area contributed by atoms with Gasteiger partial charge < -0.3 is 14.5 Å². The van der Waals surface area contributed by atoms with E-state index in [9.17, 15) is 9.59 Å². The summed E-state index contributed by atoms with van der Waals surface area (Å²) < 4.78 is 10.8. The molecule has 0 fully saturated rings. The third-order valence-corrected chi connectivity index (χ3v) is 5.88. The minimum absolute atomic E-state index is 0.0782. The molecule has 0 amide bonds. The summed E-state index contributed by atoms with van der Waals surface area (Å²) in [6, 6.07) is 7.92. The van der Waals surface area contributed by atoms with Crippen LogP contribution < -0.4 is 4.74 Å². The number of hydrogen-bond acceptors (Lipinski definition) is 5. The minimum Gasteiger partial charge on any atom is -0.494 e. The highest BCUT2D eigenvalue weighted by Crippen LogP contribution is 2.35. The van der Waals surface area contributed by atoms with E-state index in [1.807, 2.05) is 38.1 Å². The number of nitrogens with one attached hydrogen (secondary N) is 1. The van der Waals surface area contributed by atoms with Crippen molar-refractivity contribution < 1.29 is 19.1 Å². The number of H-pyrrole nitrogens is 1. The second kappa shape index (κ2) is 9.32.